The van der Waals surface area contributed by atoms with Gasteiger partial charge in [0.05, 0.1) is 36.9 Å². The number of ether oxygens (including phenoxy) is 1. The average Bonchev–Trinajstić information content (AvgIpc) is 3.39. The number of amides is 2. The van der Waals surface area contributed by atoms with Crippen molar-refractivity contribution in [2.75, 3.05) is 7.11 Å². The van der Waals surface area contributed by atoms with Crippen LogP contribution in [0.15, 0.2) is 36.8 Å². The molecule has 0 saturated carbocycles. The molecule has 0 radical (unpaired) electrons. The van der Waals surface area contributed by atoms with E-state index in [0.717, 1.165) is 12.0 Å². The van der Waals surface area contributed by atoms with Crippen LogP contribution in [0.25, 0.3) is 0 Å². The van der Waals surface area contributed by atoms with Crippen molar-refractivity contribution in [3.05, 3.63) is 58.2 Å². The molecule has 2 amide bonds. The number of nitrogens with one attached hydrogen (secondary N) is 1. The third-order valence-corrected chi connectivity index (χ3v) is 6.22. The second kappa shape index (κ2) is 16.8. The molecule has 0 aliphatic rings. The highest BCUT2D eigenvalue weighted by molar-refractivity contribution is 6.01. The molecule has 1 aromatic heterocycles. The summed E-state index contributed by atoms with van der Waals surface area (Å²) < 4.78 is 4.88. The van der Waals surface area contributed by atoms with E-state index in [1.807, 2.05) is 0 Å². The van der Waals surface area contributed by atoms with Crippen LogP contribution < -0.4 is 11.5 Å². The van der Waals surface area contributed by atoms with Crippen molar-refractivity contribution in [3.8, 4) is 0 Å². The highest BCUT2D eigenvalue weighted by Crippen LogP contribution is 2.21. The summed E-state index contributed by atoms with van der Waals surface area (Å²) in [5, 5.41) is 21.5. The Balaban J connectivity index is 0.00000722. The minimum atomic E-state index is -1.38. The quantitative estimate of drug-likeness (QED) is 0.149. The lowest BCUT2D eigenvalue weighted by molar-refractivity contribution is -0.384. The summed E-state index contributed by atoms with van der Waals surface area (Å²) in [7, 11) is 1.16. The van der Waals surface area contributed by atoms with Crippen LogP contribution >= 0.6 is 24.8 Å². The number of H-pyrrole nitrogens is 1. The first-order valence-electron chi connectivity index (χ1n) is 11.8. The number of methoxy groups -OCH3 is 1. The smallest absolute Gasteiger partial charge is 0.329 e. The van der Waals surface area contributed by atoms with E-state index in [0.29, 0.717) is 17.7 Å². The second-order valence-electron chi connectivity index (χ2n) is 8.91. The third-order valence-electron chi connectivity index (χ3n) is 6.22. The molecular formula is C24H36Cl2N6O7. The van der Waals surface area contributed by atoms with Crippen LogP contribution in [0.1, 0.15) is 37.9 Å². The Morgan fingerprint density at radius 2 is 1.79 bits per heavy atom. The molecule has 218 valence electrons. The topological polar surface area (TPSA) is 208 Å². The van der Waals surface area contributed by atoms with Crippen LogP contribution in [0.2, 0.25) is 0 Å². The number of hydrogen-bond acceptors (Lipinski definition) is 10. The number of hydrogen-bond donors (Lipinski definition) is 4. The van der Waals surface area contributed by atoms with Gasteiger partial charge in [0.2, 0.25) is 11.8 Å². The van der Waals surface area contributed by atoms with Crippen molar-refractivity contribution in [3.63, 3.8) is 0 Å². The zero-order valence-electron chi connectivity index (χ0n) is 21.9. The van der Waals surface area contributed by atoms with Crippen LogP contribution in [0.5, 0.6) is 0 Å². The number of aromatic amines is 1. The maximum absolute atomic E-state index is 13.4. The van der Waals surface area contributed by atoms with Crippen LogP contribution in [0, 0.1) is 16.0 Å². The number of carbonyl (C=O) groups is 3. The summed E-state index contributed by atoms with van der Waals surface area (Å²) in [6, 6.07) is 2.29. The fourth-order valence-electron chi connectivity index (χ4n) is 3.84. The lowest BCUT2D eigenvalue weighted by atomic mass is 9.94. The van der Waals surface area contributed by atoms with Crippen molar-refractivity contribution in [2.45, 2.75) is 63.8 Å². The molecule has 0 aliphatic carbocycles. The molecule has 6 N–H and O–H groups in total. The first-order chi connectivity index (χ1) is 17.5. The number of halogens is 2. The van der Waals surface area contributed by atoms with Gasteiger partial charge in [0.25, 0.3) is 5.69 Å². The van der Waals surface area contributed by atoms with Gasteiger partial charge >= 0.3 is 5.97 Å². The monoisotopic (exact) mass is 590 g/mol. The summed E-state index contributed by atoms with van der Waals surface area (Å²) in [5.74, 6) is -2.86. The van der Waals surface area contributed by atoms with Gasteiger partial charge in [-0.05, 0) is 17.9 Å². The van der Waals surface area contributed by atoms with Gasteiger partial charge in [-0.15, -0.1) is 24.8 Å². The first kappa shape index (κ1) is 35.9. The van der Waals surface area contributed by atoms with Crippen LogP contribution in [-0.4, -0.2) is 74.0 Å². The van der Waals surface area contributed by atoms with Gasteiger partial charge in [0.1, 0.15) is 6.04 Å². The minimum Gasteiger partial charge on any atom is -0.467 e. The number of aromatic nitrogens is 2. The number of nitro benzene ring substituents is 1. The Morgan fingerprint density at radius 1 is 1.18 bits per heavy atom. The normalized spacial score (nSPS) is 14.4. The number of rotatable bonds is 13. The van der Waals surface area contributed by atoms with Crippen LogP contribution in [0.3, 0.4) is 0 Å². The molecule has 1 heterocycles. The average molecular weight is 591 g/mol. The van der Waals surface area contributed by atoms with Crippen molar-refractivity contribution in [2.24, 2.45) is 17.4 Å². The SMILES string of the molecule is CC[C@H](C)[C@@H](C(=O)OC)N(C(=O)CC(O)[C@@H](N)Cc1ccc([N+](=O)[O-])cc1)C(=O)[C@@H](N)Cc1cnc[nH]1.Cl.Cl. The number of non-ortho nitro benzene ring substituents is 1. The second-order valence-corrected chi connectivity index (χ2v) is 8.91. The van der Waals surface area contributed by atoms with Crippen LogP contribution in [0.4, 0.5) is 5.69 Å². The van der Waals surface area contributed by atoms with Crippen molar-refractivity contribution in [1.82, 2.24) is 14.9 Å². The van der Waals surface area contributed by atoms with E-state index in [1.165, 1.54) is 36.8 Å². The molecule has 0 aliphatic heterocycles. The van der Waals surface area contributed by atoms with Gasteiger partial charge in [0.15, 0.2) is 0 Å². The number of benzene rings is 1. The van der Waals surface area contributed by atoms with E-state index in [9.17, 15) is 29.6 Å². The molecule has 2 rings (SSSR count). The molecule has 0 bridgehead atoms. The molecule has 39 heavy (non-hydrogen) atoms. The molecule has 0 fully saturated rings. The summed E-state index contributed by atoms with van der Waals surface area (Å²) >= 11 is 0. The molecule has 0 spiro atoms. The molecule has 2 aromatic rings. The van der Waals surface area contributed by atoms with E-state index in [2.05, 4.69) is 9.97 Å². The van der Waals surface area contributed by atoms with Gasteiger partial charge in [-0.25, -0.2) is 9.78 Å². The predicted octanol–water partition coefficient (Wildman–Crippen LogP) is 1.30. The maximum Gasteiger partial charge on any atom is 0.329 e. The van der Waals surface area contributed by atoms with Gasteiger partial charge in [-0.1, -0.05) is 32.4 Å². The molecule has 1 aromatic carbocycles. The summed E-state index contributed by atoms with van der Waals surface area (Å²) in [6.45, 7) is 3.50. The Kier molecular flexibility index (Phi) is 15.4. The number of nitrogens with two attached hydrogens (primary N) is 2. The number of aliphatic hydroxyl groups is 1. The van der Waals surface area contributed by atoms with E-state index in [4.69, 9.17) is 16.2 Å². The fourth-order valence-corrected chi connectivity index (χ4v) is 3.84. The third kappa shape index (κ3) is 9.86. The standard InChI is InChI=1S/C24H34N6O7.2ClH/c1-4-14(2)22(24(34)37-3)29(23(33)19(26)10-16-12-27-13-28-16)21(32)11-20(31)18(25)9-15-5-7-17(8-6-15)30(35)36;;/h5-8,12-14,18-20,22,31H,4,9-11,25-26H2,1-3H3,(H,27,28);2*1H/t14-,18-,19-,20?,22-;;/m0../s1. The minimum absolute atomic E-state index is 0. The van der Waals surface area contributed by atoms with Gasteiger partial charge in [0, 0.05) is 36.5 Å². The zero-order chi connectivity index (χ0) is 27.7. The highest BCUT2D eigenvalue weighted by atomic mass is 35.5. The molecule has 0 saturated heterocycles. The lowest BCUT2D eigenvalue weighted by Gasteiger charge is -2.34. The van der Waals surface area contributed by atoms with E-state index >= 15 is 0 Å². The van der Waals surface area contributed by atoms with Crippen molar-refractivity contribution < 1.29 is 29.2 Å². The summed E-state index contributed by atoms with van der Waals surface area (Å²) in [4.78, 5) is 57.3. The number of imide groups is 1. The maximum atomic E-state index is 13.4. The van der Waals surface area contributed by atoms with Crippen molar-refractivity contribution >= 4 is 48.3 Å². The largest absolute Gasteiger partial charge is 0.467 e. The summed E-state index contributed by atoms with van der Waals surface area (Å²) in [6.07, 6.45) is 1.60. The van der Waals surface area contributed by atoms with E-state index in [-0.39, 0.29) is 43.3 Å². The molecule has 1 unspecified atom stereocenters. The lowest BCUT2D eigenvalue weighted by Crippen LogP contribution is -2.58. The van der Waals surface area contributed by atoms with Gasteiger partial charge in [-0.3, -0.25) is 24.6 Å². The fraction of sp³-hybridized carbons (Fsp3) is 0.500. The Hall–Kier alpha value is -3.10. The number of esters is 1. The van der Waals surface area contributed by atoms with E-state index in [1.54, 1.807) is 13.8 Å². The summed E-state index contributed by atoms with van der Waals surface area (Å²) in [5.41, 5.74) is 13.3. The van der Waals surface area contributed by atoms with Gasteiger partial charge in [-0.2, -0.15) is 0 Å². The number of carbonyl (C=O) groups excluding carboxylic acids is 3. The highest BCUT2D eigenvalue weighted by Gasteiger charge is 2.41. The van der Waals surface area contributed by atoms with Crippen LogP contribution in [-0.2, 0) is 32.0 Å². The molecule has 15 heteroatoms. The van der Waals surface area contributed by atoms with E-state index < -0.39 is 59.3 Å². The molecular weight excluding hydrogens is 555 g/mol. The Bertz CT molecular complexity index is 1070. The Labute approximate surface area is 238 Å². The number of nitro groups is 1. The number of nitrogens with zero attached hydrogens (tertiary/aromatic N) is 3. The molecule has 5 atom stereocenters. The zero-order valence-corrected chi connectivity index (χ0v) is 23.5. The Morgan fingerprint density at radius 3 is 2.28 bits per heavy atom. The number of imidazole rings is 1. The predicted molar refractivity (Wildman–Crippen MR) is 147 cm³/mol. The number of aliphatic hydroxyl groups excluding tert-OH is 1. The first-order valence-corrected chi connectivity index (χ1v) is 11.8. The molecule has 13 nitrogen and oxygen atoms in total. The van der Waals surface area contributed by atoms with Gasteiger partial charge < -0.3 is 26.3 Å². The van der Waals surface area contributed by atoms with Crippen molar-refractivity contribution in [1.29, 1.82) is 0 Å².